The van der Waals surface area contributed by atoms with E-state index in [-0.39, 0.29) is 27.8 Å². The molecule has 1 aliphatic rings. The van der Waals surface area contributed by atoms with Gasteiger partial charge in [-0.05, 0) is 34.9 Å². The smallest absolute Gasteiger partial charge is 0.296 e. The molecule has 40 heavy (non-hydrogen) atoms. The van der Waals surface area contributed by atoms with Gasteiger partial charge >= 0.3 is 0 Å². The Kier molecular flexibility index (Phi) is 7.80. The van der Waals surface area contributed by atoms with Crippen LogP contribution >= 0.6 is 23.1 Å². The van der Waals surface area contributed by atoms with Gasteiger partial charge in [-0.25, -0.2) is 4.39 Å². The molecule has 0 fully saturated rings. The molecule has 9 nitrogen and oxygen atoms in total. The molecule has 200 valence electrons. The first-order chi connectivity index (χ1) is 19.3. The zero-order valence-corrected chi connectivity index (χ0v) is 22.1. The van der Waals surface area contributed by atoms with Crippen LogP contribution in [0.2, 0.25) is 0 Å². The Balaban J connectivity index is 1.49. The number of amides is 1. The quantitative estimate of drug-likeness (QED) is 0.0840. The number of ketones is 1. The molecule has 1 atom stereocenters. The number of carbonyl (C=O) groups excluding carboxylic acids is 2. The molecular formula is C28H19FN4O5S2. The molecule has 0 spiro atoms. The second-order valence-corrected chi connectivity index (χ2v) is 10.7. The monoisotopic (exact) mass is 574 g/mol. The molecule has 3 aromatic carbocycles. The predicted octanol–water partition coefficient (Wildman–Crippen LogP) is 6.06. The minimum atomic E-state index is -1.18. The van der Waals surface area contributed by atoms with Crippen molar-refractivity contribution in [2.45, 2.75) is 16.1 Å². The average Bonchev–Trinajstić information content (AvgIpc) is 3.54. The van der Waals surface area contributed by atoms with E-state index in [0.29, 0.717) is 10.1 Å². The van der Waals surface area contributed by atoms with Gasteiger partial charge < -0.3 is 5.11 Å². The van der Waals surface area contributed by atoms with Gasteiger partial charge in [0.15, 0.2) is 15.9 Å². The van der Waals surface area contributed by atoms with Crippen LogP contribution < -0.4 is 4.90 Å². The highest BCUT2D eigenvalue weighted by atomic mass is 32.2. The summed E-state index contributed by atoms with van der Waals surface area (Å²) in [7, 11) is 0. The number of benzene rings is 3. The number of aliphatic hydroxyl groups is 1. The number of nitrogens with zero attached hydrogens (tertiary/aromatic N) is 4. The molecule has 2 heterocycles. The van der Waals surface area contributed by atoms with Gasteiger partial charge in [-0.3, -0.25) is 24.6 Å². The molecule has 1 aromatic heterocycles. The number of nitro groups is 1. The van der Waals surface area contributed by atoms with Gasteiger partial charge in [0.1, 0.15) is 5.82 Å². The van der Waals surface area contributed by atoms with Gasteiger partial charge in [0.05, 0.1) is 16.5 Å². The number of nitro benzene ring substituents is 1. The van der Waals surface area contributed by atoms with Crippen LogP contribution in [0.1, 0.15) is 22.7 Å². The van der Waals surface area contributed by atoms with Crippen molar-refractivity contribution >= 4 is 51.7 Å². The van der Waals surface area contributed by atoms with Gasteiger partial charge in [-0.2, -0.15) is 0 Å². The Bertz CT molecular complexity index is 1650. The van der Waals surface area contributed by atoms with Crippen molar-refractivity contribution in [2.75, 3.05) is 4.90 Å². The van der Waals surface area contributed by atoms with Crippen molar-refractivity contribution in [3.05, 3.63) is 129 Å². The summed E-state index contributed by atoms with van der Waals surface area (Å²) in [6.07, 6.45) is 2.79. The number of carbonyl (C=O) groups is 2. The summed E-state index contributed by atoms with van der Waals surface area (Å²) in [6, 6.07) is 19.4. The van der Waals surface area contributed by atoms with Gasteiger partial charge in [0, 0.05) is 17.9 Å². The van der Waals surface area contributed by atoms with Crippen molar-refractivity contribution in [2.24, 2.45) is 0 Å². The van der Waals surface area contributed by atoms with E-state index in [2.05, 4.69) is 10.2 Å². The standard InChI is InChI=1S/C28H19FN4O5S2/c29-20-12-9-18(10-13-20)16-39-28-31-30-27(40-28)32-24(19-7-4-8-21(15-19)33(37)38)23(25(35)26(32)36)22(34)14-11-17-5-2-1-3-6-17/h1-15,24,35H,16H2/b14-11+. The molecule has 0 bridgehead atoms. The van der Waals surface area contributed by atoms with Crippen molar-refractivity contribution in [3.8, 4) is 0 Å². The lowest BCUT2D eigenvalue weighted by atomic mass is 9.95. The number of aromatic nitrogens is 2. The number of anilines is 1. The largest absolute Gasteiger partial charge is 0.503 e. The molecule has 5 rings (SSSR count). The fourth-order valence-corrected chi connectivity index (χ4v) is 5.91. The Hall–Kier alpha value is -4.68. The van der Waals surface area contributed by atoms with Gasteiger partial charge in [-0.15, -0.1) is 10.2 Å². The third-order valence-corrected chi connectivity index (χ3v) is 8.10. The average molecular weight is 575 g/mol. The molecule has 0 aliphatic carbocycles. The first-order valence-electron chi connectivity index (χ1n) is 11.8. The fraction of sp³-hybridized carbons (Fsp3) is 0.0714. The second kappa shape index (κ2) is 11.6. The van der Waals surface area contributed by atoms with Crippen molar-refractivity contribution in [3.63, 3.8) is 0 Å². The van der Waals surface area contributed by atoms with Gasteiger partial charge in [0.2, 0.25) is 5.13 Å². The second-order valence-electron chi connectivity index (χ2n) is 8.57. The molecule has 0 saturated heterocycles. The zero-order chi connectivity index (χ0) is 28.2. The molecule has 1 aliphatic heterocycles. The third-order valence-electron chi connectivity index (χ3n) is 5.97. The van der Waals surface area contributed by atoms with Crippen LogP contribution in [0.4, 0.5) is 15.2 Å². The number of non-ortho nitro benzene ring substituents is 1. The van der Waals surface area contributed by atoms with E-state index >= 15 is 0 Å². The molecule has 1 N–H and O–H groups in total. The topological polar surface area (TPSA) is 127 Å². The lowest BCUT2D eigenvalue weighted by molar-refractivity contribution is -0.384. The summed E-state index contributed by atoms with van der Waals surface area (Å²) in [4.78, 5) is 38.7. The maximum atomic E-state index is 13.4. The predicted molar refractivity (Wildman–Crippen MR) is 149 cm³/mol. The van der Waals surface area contributed by atoms with Crippen LogP contribution in [0.5, 0.6) is 0 Å². The van der Waals surface area contributed by atoms with Crippen LogP contribution in [0.3, 0.4) is 0 Å². The fourth-order valence-electron chi connectivity index (χ4n) is 4.09. The first-order valence-corrected chi connectivity index (χ1v) is 13.6. The summed E-state index contributed by atoms with van der Waals surface area (Å²) in [6.45, 7) is 0. The normalized spacial score (nSPS) is 15.3. The number of rotatable bonds is 9. The number of allylic oxidation sites excluding steroid dienone is 1. The van der Waals surface area contributed by atoms with E-state index in [9.17, 15) is 29.2 Å². The number of hydrogen-bond acceptors (Lipinski definition) is 9. The Morgan fingerprint density at radius 1 is 1.10 bits per heavy atom. The van der Waals surface area contributed by atoms with E-state index in [0.717, 1.165) is 27.4 Å². The lowest BCUT2D eigenvalue weighted by Gasteiger charge is -2.23. The summed E-state index contributed by atoms with van der Waals surface area (Å²) in [5.74, 6) is -2.16. The highest BCUT2D eigenvalue weighted by molar-refractivity contribution is 8.00. The van der Waals surface area contributed by atoms with Gasteiger partial charge in [0.25, 0.3) is 11.6 Å². The minimum Gasteiger partial charge on any atom is -0.503 e. The molecule has 1 amide bonds. The van der Waals surface area contributed by atoms with Crippen LogP contribution in [0, 0.1) is 15.9 Å². The van der Waals surface area contributed by atoms with Crippen molar-refractivity contribution < 1.29 is 24.0 Å². The first kappa shape index (κ1) is 26.9. The van der Waals surface area contributed by atoms with E-state index < -0.39 is 28.4 Å². The van der Waals surface area contributed by atoms with E-state index in [1.165, 1.54) is 54.2 Å². The van der Waals surface area contributed by atoms with Crippen LogP contribution in [-0.4, -0.2) is 31.9 Å². The van der Waals surface area contributed by atoms with Crippen LogP contribution in [0.15, 0.2) is 101 Å². The lowest BCUT2D eigenvalue weighted by Crippen LogP contribution is -2.30. The summed E-state index contributed by atoms with van der Waals surface area (Å²) in [5.41, 5.74) is 1.37. The molecule has 12 heteroatoms. The number of hydrogen-bond donors (Lipinski definition) is 1. The number of thioether (sulfide) groups is 1. The Morgan fingerprint density at radius 2 is 1.85 bits per heavy atom. The molecular weight excluding hydrogens is 555 g/mol. The van der Waals surface area contributed by atoms with Crippen LogP contribution in [-0.2, 0) is 15.3 Å². The molecule has 0 saturated carbocycles. The summed E-state index contributed by atoms with van der Waals surface area (Å²) >= 11 is 2.38. The zero-order valence-electron chi connectivity index (χ0n) is 20.5. The van der Waals surface area contributed by atoms with Crippen LogP contribution in [0.25, 0.3) is 6.08 Å². The Labute approximate surface area is 235 Å². The number of aliphatic hydroxyl groups excluding tert-OH is 1. The summed E-state index contributed by atoms with van der Waals surface area (Å²) < 4.78 is 13.7. The number of halogens is 1. The maximum absolute atomic E-state index is 13.4. The SMILES string of the molecule is O=C(/C=C/c1ccccc1)C1=C(O)C(=O)N(c2nnc(SCc3ccc(F)cc3)s2)C1c1cccc([N+](=O)[O-])c1. The highest BCUT2D eigenvalue weighted by Gasteiger charge is 2.45. The maximum Gasteiger partial charge on any atom is 0.296 e. The summed E-state index contributed by atoms with van der Waals surface area (Å²) in [5, 5.41) is 30.7. The minimum absolute atomic E-state index is 0.101. The molecule has 1 unspecified atom stereocenters. The van der Waals surface area contributed by atoms with Gasteiger partial charge in [-0.1, -0.05) is 83.8 Å². The van der Waals surface area contributed by atoms with E-state index in [1.807, 2.05) is 6.07 Å². The Morgan fingerprint density at radius 3 is 2.58 bits per heavy atom. The van der Waals surface area contributed by atoms with E-state index in [1.54, 1.807) is 42.5 Å². The highest BCUT2D eigenvalue weighted by Crippen LogP contribution is 2.43. The van der Waals surface area contributed by atoms with E-state index in [4.69, 9.17) is 0 Å². The van der Waals surface area contributed by atoms with Crippen molar-refractivity contribution in [1.82, 2.24) is 10.2 Å². The molecule has 4 aromatic rings. The van der Waals surface area contributed by atoms with Crippen molar-refractivity contribution in [1.29, 1.82) is 0 Å². The molecule has 0 radical (unpaired) electrons. The third kappa shape index (κ3) is 5.67.